The molecule has 0 atom stereocenters. The van der Waals surface area contributed by atoms with Crippen LogP contribution in [0.5, 0.6) is 0 Å². The van der Waals surface area contributed by atoms with Crippen LogP contribution in [0.4, 0.5) is 5.82 Å². The van der Waals surface area contributed by atoms with Crippen molar-refractivity contribution in [1.82, 2.24) is 9.97 Å². The minimum absolute atomic E-state index is 0.974. The fourth-order valence-electron chi connectivity index (χ4n) is 2.90. The van der Waals surface area contributed by atoms with Gasteiger partial charge in [0.1, 0.15) is 5.69 Å². The molecule has 106 valence electrons. The highest BCUT2D eigenvalue weighted by atomic mass is 32.1. The lowest BCUT2D eigenvalue weighted by Crippen LogP contribution is -2.30. The molecule has 4 rings (SSSR count). The van der Waals surface area contributed by atoms with Crippen molar-refractivity contribution in [2.45, 2.75) is 19.3 Å². The van der Waals surface area contributed by atoms with Crippen molar-refractivity contribution in [3.05, 3.63) is 41.8 Å². The van der Waals surface area contributed by atoms with Gasteiger partial charge in [-0.2, -0.15) is 0 Å². The van der Waals surface area contributed by atoms with Gasteiger partial charge in [0, 0.05) is 13.1 Å². The van der Waals surface area contributed by atoms with E-state index in [2.05, 4.69) is 22.4 Å². The average Bonchev–Trinajstić information content (AvgIpc) is 3.09. The third kappa shape index (κ3) is 2.40. The van der Waals surface area contributed by atoms with Crippen LogP contribution in [0, 0.1) is 0 Å². The molecule has 0 bridgehead atoms. The Kier molecular flexibility index (Phi) is 3.31. The predicted octanol–water partition coefficient (Wildman–Crippen LogP) is 4.35. The van der Waals surface area contributed by atoms with E-state index in [0.717, 1.165) is 35.6 Å². The zero-order chi connectivity index (χ0) is 14.1. The summed E-state index contributed by atoms with van der Waals surface area (Å²) in [5.74, 6) is 1.05. The molecule has 1 saturated heterocycles. The second-order valence-corrected chi connectivity index (χ2v) is 6.36. The lowest BCUT2D eigenvalue weighted by molar-refractivity contribution is 0.574. The summed E-state index contributed by atoms with van der Waals surface area (Å²) >= 11 is 1.73. The number of piperidine rings is 1. The lowest BCUT2D eigenvalue weighted by atomic mass is 10.1. The molecule has 1 aliphatic heterocycles. The molecule has 0 saturated carbocycles. The van der Waals surface area contributed by atoms with Gasteiger partial charge in [0.05, 0.1) is 15.9 Å². The Morgan fingerprint density at radius 1 is 0.857 bits per heavy atom. The molecule has 0 N–H and O–H groups in total. The van der Waals surface area contributed by atoms with Crippen molar-refractivity contribution in [2.75, 3.05) is 18.0 Å². The Morgan fingerprint density at radius 3 is 2.33 bits per heavy atom. The van der Waals surface area contributed by atoms with E-state index in [4.69, 9.17) is 9.97 Å². The normalized spacial score (nSPS) is 15.5. The summed E-state index contributed by atoms with van der Waals surface area (Å²) in [6.07, 6.45) is 3.82. The molecule has 0 radical (unpaired) electrons. The molecule has 0 unspecified atom stereocenters. The predicted molar refractivity (Wildman–Crippen MR) is 88.9 cm³/mol. The molecule has 1 aromatic carbocycles. The molecule has 1 aliphatic rings. The van der Waals surface area contributed by atoms with Gasteiger partial charge in [0.25, 0.3) is 0 Å². The molecule has 0 spiro atoms. The summed E-state index contributed by atoms with van der Waals surface area (Å²) in [6, 6.07) is 12.4. The maximum Gasteiger partial charge on any atom is 0.156 e. The summed E-state index contributed by atoms with van der Waals surface area (Å²) in [7, 11) is 0. The highest BCUT2D eigenvalue weighted by Crippen LogP contribution is 2.33. The fourth-order valence-corrected chi connectivity index (χ4v) is 3.60. The van der Waals surface area contributed by atoms with Crippen LogP contribution in [0.1, 0.15) is 19.3 Å². The Morgan fingerprint density at radius 2 is 1.62 bits per heavy atom. The van der Waals surface area contributed by atoms with Crippen molar-refractivity contribution >= 4 is 28.2 Å². The highest BCUT2D eigenvalue weighted by molar-refractivity contribution is 7.13. The van der Waals surface area contributed by atoms with E-state index < -0.39 is 0 Å². The zero-order valence-electron chi connectivity index (χ0n) is 11.8. The number of para-hydroxylation sites is 2. The Balaban J connectivity index is 1.90. The lowest BCUT2D eigenvalue weighted by Gasteiger charge is -2.29. The van der Waals surface area contributed by atoms with E-state index in [1.807, 2.05) is 24.3 Å². The van der Waals surface area contributed by atoms with Crippen molar-refractivity contribution in [1.29, 1.82) is 0 Å². The number of fused-ring (bicyclic) bond motifs is 1. The van der Waals surface area contributed by atoms with E-state index in [9.17, 15) is 0 Å². The first kappa shape index (κ1) is 12.8. The van der Waals surface area contributed by atoms with Gasteiger partial charge >= 0.3 is 0 Å². The number of hydrogen-bond donors (Lipinski definition) is 0. The molecular formula is C17H17N3S. The third-order valence-electron chi connectivity index (χ3n) is 3.96. The van der Waals surface area contributed by atoms with Gasteiger partial charge in [0.2, 0.25) is 0 Å². The molecule has 3 aromatic rings. The molecule has 2 aromatic heterocycles. The second kappa shape index (κ2) is 5.45. The molecular weight excluding hydrogens is 278 g/mol. The molecule has 0 aliphatic carbocycles. The SMILES string of the molecule is c1csc(-c2nc3ccccc3nc2N2CCCCC2)c1. The van der Waals surface area contributed by atoms with Crippen LogP contribution >= 0.6 is 11.3 Å². The first-order valence-corrected chi connectivity index (χ1v) is 8.35. The van der Waals surface area contributed by atoms with E-state index in [1.165, 1.54) is 24.1 Å². The molecule has 3 nitrogen and oxygen atoms in total. The standard InChI is InChI=1S/C17H17N3S/c1-4-10-20(11-5-1)17-16(15-9-6-12-21-15)18-13-7-2-3-8-14(13)19-17/h2-3,6-9,12H,1,4-5,10-11H2. The van der Waals surface area contributed by atoms with Gasteiger partial charge in [0.15, 0.2) is 5.82 Å². The number of anilines is 1. The quantitative estimate of drug-likeness (QED) is 0.704. The van der Waals surface area contributed by atoms with Crippen LogP contribution in [0.3, 0.4) is 0 Å². The minimum atomic E-state index is 0.974. The van der Waals surface area contributed by atoms with E-state index in [1.54, 1.807) is 11.3 Å². The zero-order valence-corrected chi connectivity index (χ0v) is 12.6. The van der Waals surface area contributed by atoms with Gasteiger partial charge in [-0.15, -0.1) is 11.3 Å². The van der Waals surface area contributed by atoms with E-state index >= 15 is 0 Å². The van der Waals surface area contributed by atoms with Crippen molar-refractivity contribution in [3.63, 3.8) is 0 Å². The van der Waals surface area contributed by atoms with Crippen LogP contribution < -0.4 is 4.90 Å². The summed E-state index contributed by atoms with van der Waals surface area (Å²) in [5.41, 5.74) is 2.99. The number of thiophene rings is 1. The summed E-state index contributed by atoms with van der Waals surface area (Å²) < 4.78 is 0. The van der Waals surface area contributed by atoms with Gasteiger partial charge < -0.3 is 4.90 Å². The van der Waals surface area contributed by atoms with Crippen molar-refractivity contribution in [2.24, 2.45) is 0 Å². The number of rotatable bonds is 2. The largest absolute Gasteiger partial charge is 0.355 e. The molecule has 1 fully saturated rings. The molecule has 0 amide bonds. The maximum atomic E-state index is 4.92. The van der Waals surface area contributed by atoms with Crippen molar-refractivity contribution < 1.29 is 0 Å². The number of benzene rings is 1. The first-order chi connectivity index (χ1) is 10.4. The van der Waals surface area contributed by atoms with Gasteiger partial charge in [-0.25, -0.2) is 9.97 Å². The van der Waals surface area contributed by atoms with Crippen LogP contribution in [0.15, 0.2) is 41.8 Å². The molecule has 4 heteroatoms. The maximum absolute atomic E-state index is 4.92. The van der Waals surface area contributed by atoms with Crippen LogP contribution in [-0.4, -0.2) is 23.1 Å². The smallest absolute Gasteiger partial charge is 0.156 e. The first-order valence-electron chi connectivity index (χ1n) is 7.47. The van der Waals surface area contributed by atoms with Crippen molar-refractivity contribution in [3.8, 4) is 10.6 Å². The third-order valence-corrected chi connectivity index (χ3v) is 4.84. The van der Waals surface area contributed by atoms with Gasteiger partial charge in [-0.3, -0.25) is 0 Å². The topological polar surface area (TPSA) is 29.0 Å². The van der Waals surface area contributed by atoms with E-state index in [0.29, 0.717) is 0 Å². The minimum Gasteiger partial charge on any atom is -0.355 e. The number of aromatic nitrogens is 2. The summed E-state index contributed by atoms with van der Waals surface area (Å²) in [4.78, 5) is 13.4. The Bertz CT molecular complexity index is 746. The Hall–Kier alpha value is -1.94. The fraction of sp³-hybridized carbons (Fsp3) is 0.294. The van der Waals surface area contributed by atoms with Gasteiger partial charge in [-0.05, 0) is 42.8 Å². The van der Waals surface area contributed by atoms with Crippen LogP contribution in [-0.2, 0) is 0 Å². The highest BCUT2D eigenvalue weighted by Gasteiger charge is 2.19. The summed E-state index contributed by atoms with van der Waals surface area (Å²) in [6.45, 7) is 2.18. The summed E-state index contributed by atoms with van der Waals surface area (Å²) in [5, 5.41) is 2.10. The number of nitrogens with zero attached hydrogens (tertiary/aromatic N) is 3. The molecule has 21 heavy (non-hydrogen) atoms. The number of hydrogen-bond acceptors (Lipinski definition) is 4. The average molecular weight is 295 g/mol. The Labute approximate surface area is 128 Å². The molecule has 3 heterocycles. The van der Waals surface area contributed by atoms with Gasteiger partial charge in [-0.1, -0.05) is 18.2 Å². The van der Waals surface area contributed by atoms with Crippen LogP contribution in [0.2, 0.25) is 0 Å². The van der Waals surface area contributed by atoms with E-state index in [-0.39, 0.29) is 0 Å². The monoisotopic (exact) mass is 295 g/mol. The van der Waals surface area contributed by atoms with Crippen LogP contribution in [0.25, 0.3) is 21.6 Å². The second-order valence-electron chi connectivity index (χ2n) is 5.41.